The highest BCUT2D eigenvalue weighted by Gasteiger charge is 2.39. The fourth-order valence-electron chi connectivity index (χ4n) is 4.23. The molecular formula is C22H21N5O3. The van der Waals surface area contributed by atoms with Crippen molar-refractivity contribution < 1.29 is 14.4 Å². The van der Waals surface area contributed by atoms with E-state index in [2.05, 4.69) is 16.4 Å². The molecular weight excluding hydrogens is 382 g/mol. The standard InChI is InChI=1S/C22H21N5O3/c1-11(2)19-15(8-23)20(24)25-9-16(19)12-3-4-14-13(7-12)10-27(22(14)30)17-5-6-18(28)26-21(17)29/h3-4,7,9,11,17H,5-6,10H2,1-2H3,(H2,24,25)(H,26,28,29). The number of amides is 3. The predicted octanol–water partition coefficient (Wildman–Crippen LogP) is 2.09. The van der Waals surface area contributed by atoms with Crippen LogP contribution in [0.15, 0.2) is 24.4 Å². The zero-order valence-electron chi connectivity index (χ0n) is 16.7. The van der Waals surface area contributed by atoms with E-state index in [-0.39, 0.29) is 30.0 Å². The normalized spacial score (nSPS) is 18.4. The van der Waals surface area contributed by atoms with Crippen molar-refractivity contribution in [3.8, 4) is 17.2 Å². The second-order valence-electron chi connectivity index (χ2n) is 7.88. The molecule has 2 aromatic rings. The van der Waals surface area contributed by atoms with Gasteiger partial charge in [0.05, 0.1) is 5.56 Å². The van der Waals surface area contributed by atoms with E-state index in [1.165, 1.54) is 4.90 Å². The third-order valence-electron chi connectivity index (χ3n) is 5.67. The highest BCUT2D eigenvalue weighted by Crippen LogP contribution is 2.36. The van der Waals surface area contributed by atoms with E-state index in [1.54, 1.807) is 12.3 Å². The first-order chi connectivity index (χ1) is 14.3. The number of fused-ring (bicyclic) bond motifs is 1. The molecule has 30 heavy (non-hydrogen) atoms. The van der Waals surface area contributed by atoms with E-state index >= 15 is 0 Å². The molecule has 0 spiro atoms. The summed E-state index contributed by atoms with van der Waals surface area (Å²) in [5.41, 5.74) is 10.1. The molecule has 1 aromatic heterocycles. The summed E-state index contributed by atoms with van der Waals surface area (Å²) >= 11 is 0. The van der Waals surface area contributed by atoms with Crippen LogP contribution in [-0.4, -0.2) is 33.6 Å². The van der Waals surface area contributed by atoms with E-state index in [1.807, 2.05) is 26.0 Å². The Kier molecular flexibility index (Phi) is 4.74. The number of nitrogens with one attached hydrogen (secondary N) is 1. The highest BCUT2D eigenvalue weighted by molar-refractivity contribution is 6.05. The van der Waals surface area contributed by atoms with Gasteiger partial charge in [0.25, 0.3) is 5.91 Å². The van der Waals surface area contributed by atoms with Crippen molar-refractivity contribution in [1.82, 2.24) is 15.2 Å². The lowest BCUT2D eigenvalue weighted by Crippen LogP contribution is -2.52. The Labute approximate surface area is 173 Å². The number of anilines is 1. The Hall–Kier alpha value is -3.73. The van der Waals surface area contributed by atoms with Crippen LogP contribution >= 0.6 is 0 Å². The van der Waals surface area contributed by atoms with Crippen LogP contribution in [0.5, 0.6) is 0 Å². The van der Waals surface area contributed by atoms with Crippen molar-refractivity contribution in [3.05, 3.63) is 46.6 Å². The van der Waals surface area contributed by atoms with Gasteiger partial charge in [-0.3, -0.25) is 19.7 Å². The minimum atomic E-state index is -0.652. The molecule has 0 aliphatic carbocycles. The van der Waals surface area contributed by atoms with Crippen LogP contribution in [0.2, 0.25) is 0 Å². The number of rotatable bonds is 3. The number of nitrogen functional groups attached to an aromatic ring is 1. The summed E-state index contributed by atoms with van der Waals surface area (Å²) in [6, 6.07) is 6.97. The number of carbonyl (C=O) groups is 3. The molecule has 1 atom stereocenters. The molecule has 152 valence electrons. The first kappa shape index (κ1) is 19.6. The molecule has 3 N–H and O–H groups in total. The zero-order chi connectivity index (χ0) is 21.6. The molecule has 1 saturated heterocycles. The summed E-state index contributed by atoms with van der Waals surface area (Å²) in [6.07, 6.45) is 2.19. The maximum atomic E-state index is 12.9. The van der Waals surface area contributed by atoms with E-state index in [0.717, 1.165) is 22.3 Å². The van der Waals surface area contributed by atoms with Crippen LogP contribution < -0.4 is 11.1 Å². The molecule has 8 heteroatoms. The summed E-state index contributed by atoms with van der Waals surface area (Å²) in [4.78, 5) is 42.2. The monoisotopic (exact) mass is 403 g/mol. The number of nitriles is 1. The number of carbonyl (C=O) groups excluding carboxylic acids is 3. The molecule has 1 unspecified atom stereocenters. The average molecular weight is 403 g/mol. The topological polar surface area (TPSA) is 129 Å². The van der Waals surface area contributed by atoms with Crippen molar-refractivity contribution in [1.29, 1.82) is 5.26 Å². The molecule has 2 aliphatic rings. The van der Waals surface area contributed by atoms with E-state index < -0.39 is 11.9 Å². The van der Waals surface area contributed by atoms with Gasteiger partial charge in [0, 0.05) is 30.3 Å². The van der Waals surface area contributed by atoms with Gasteiger partial charge in [0.1, 0.15) is 17.9 Å². The Bertz CT molecular complexity index is 1130. The number of nitrogens with zero attached hydrogens (tertiary/aromatic N) is 3. The number of hydrogen-bond donors (Lipinski definition) is 2. The summed E-state index contributed by atoms with van der Waals surface area (Å²) in [5, 5.41) is 11.9. The second-order valence-corrected chi connectivity index (χ2v) is 7.88. The SMILES string of the molecule is CC(C)c1c(-c2ccc3c(c2)CN(C2CCC(=O)NC2=O)C3=O)cnc(N)c1C#N. The first-order valence-corrected chi connectivity index (χ1v) is 9.78. The first-order valence-electron chi connectivity index (χ1n) is 9.78. The fraction of sp³-hybridized carbons (Fsp3) is 0.318. The van der Waals surface area contributed by atoms with Gasteiger partial charge in [-0.15, -0.1) is 0 Å². The van der Waals surface area contributed by atoms with Crippen LogP contribution in [0.4, 0.5) is 5.82 Å². The summed E-state index contributed by atoms with van der Waals surface area (Å²) < 4.78 is 0. The number of benzene rings is 1. The Morgan fingerprint density at radius 3 is 2.70 bits per heavy atom. The number of pyridine rings is 1. The lowest BCUT2D eigenvalue weighted by atomic mass is 9.89. The molecule has 4 rings (SSSR count). The summed E-state index contributed by atoms with van der Waals surface area (Å²) in [7, 11) is 0. The van der Waals surface area contributed by atoms with E-state index in [9.17, 15) is 19.6 Å². The minimum Gasteiger partial charge on any atom is -0.383 e. The molecule has 1 aromatic carbocycles. The van der Waals surface area contributed by atoms with Crippen molar-refractivity contribution in [2.75, 3.05) is 5.73 Å². The summed E-state index contributed by atoms with van der Waals surface area (Å²) in [6.45, 7) is 4.26. The largest absolute Gasteiger partial charge is 0.383 e. The smallest absolute Gasteiger partial charge is 0.255 e. The molecule has 1 fully saturated rings. The Morgan fingerprint density at radius 2 is 2.03 bits per heavy atom. The number of piperidine rings is 1. The van der Waals surface area contributed by atoms with Gasteiger partial charge in [-0.2, -0.15) is 5.26 Å². The van der Waals surface area contributed by atoms with E-state index in [4.69, 9.17) is 5.73 Å². The van der Waals surface area contributed by atoms with Crippen molar-refractivity contribution >= 4 is 23.5 Å². The third kappa shape index (κ3) is 3.08. The predicted molar refractivity (Wildman–Crippen MR) is 109 cm³/mol. The molecule has 3 amide bonds. The van der Waals surface area contributed by atoms with Gasteiger partial charge in [0.15, 0.2) is 0 Å². The third-order valence-corrected chi connectivity index (χ3v) is 5.67. The van der Waals surface area contributed by atoms with Gasteiger partial charge in [0.2, 0.25) is 11.8 Å². The van der Waals surface area contributed by atoms with Gasteiger partial charge in [-0.1, -0.05) is 19.9 Å². The average Bonchev–Trinajstić information content (AvgIpc) is 3.03. The second kappa shape index (κ2) is 7.26. The van der Waals surface area contributed by atoms with Crippen LogP contribution in [-0.2, 0) is 16.1 Å². The maximum Gasteiger partial charge on any atom is 0.255 e. The number of aromatic nitrogens is 1. The quantitative estimate of drug-likeness (QED) is 0.755. The van der Waals surface area contributed by atoms with Crippen molar-refractivity contribution in [2.45, 2.75) is 45.2 Å². The van der Waals surface area contributed by atoms with Gasteiger partial charge < -0.3 is 10.6 Å². The van der Waals surface area contributed by atoms with Crippen molar-refractivity contribution in [2.24, 2.45) is 0 Å². The fourth-order valence-corrected chi connectivity index (χ4v) is 4.23. The Morgan fingerprint density at radius 1 is 1.27 bits per heavy atom. The van der Waals surface area contributed by atoms with Gasteiger partial charge >= 0.3 is 0 Å². The number of hydrogen-bond acceptors (Lipinski definition) is 6. The van der Waals surface area contributed by atoms with Crippen molar-refractivity contribution in [3.63, 3.8) is 0 Å². The minimum absolute atomic E-state index is 0.0507. The van der Waals surface area contributed by atoms with Crippen LogP contribution in [0.1, 0.15) is 59.7 Å². The molecule has 0 radical (unpaired) electrons. The Balaban J connectivity index is 1.72. The number of nitrogens with two attached hydrogens (primary N) is 1. The maximum absolute atomic E-state index is 12.9. The lowest BCUT2D eigenvalue weighted by molar-refractivity contribution is -0.136. The molecule has 2 aliphatic heterocycles. The molecule has 3 heterocycles. The zero-order valence-corrected chi connectivity index (χ0v) is 16.7. The highest BCUT2D eigenvalue weighted by atomic mass is 16.2. The van der Waals surface area contributed by atoms with Gasteiger partial charge in [-0.25, -0.2) is 4.98 Å². The molecule has 0 bridgehead atoms. The van der Waals surface area contributed by atoms with Crippen LogP contribution in [0.25, 0.3) is 11.1 Å². The molecule has 0 saturated carbocycles. The molecule has 8 nitrogen and oxygen atoms in total. The van der Waals surface area contributed by atoms with E-state index in [0.29, 0.717) is 24.1 Å². The van der Waals surface area contributed by atoms with Crippen LogP contribution in [0.3, 0.4) is 0 Å². The lowest BCUT2D eigenvalue weighted by Gasteiger charge is -2.29. The summed E-state index contributed by atoms with van der Waals surface area (Å²) in [5.74, 6) is -0.715. The van der Waals surface area contributed by atoms with Crippen LogP contribution in [0, 0.1) is 11.3 Å². The van der Waals surface area contributed by atoms with Gasteiger partial charge in [-0.05, 0) is 41.2 Å². The number of imide groups is 1.